The molecule has 0 unspecified atom stereocenters. The van der Waals surface area contributed by atoms with Gasteiger partial charge in [-0.1, -0.05) is 26.8 Å². The molecule has 5 nitrogen and oxygen atoms in total. The number of aliphatic hydroxyl groups excluding tert-OH is 1. The number of hydrogen-bond donors (Lipinski definition) is 2. The fourth-order valence-electron chi connectivity index (χ4n) is 7.49. The molecule has 0 radical (unpaired) electrons. The van der Waals surface area contributed by atoms with Gasteiger partial charge in [0.25, 0.3) is 0 Å². The molecule has 9 atom stereocenters. The maximum Gasteiger partial charge on any atom is 0.306 e. The Kier molecular flexibility index (Phi) is 5.33. The quantitative estimate of drug-likeness (QED) is 0.488. The maximum absolute atomic E-state index is 17.1. The fourth-order valence-corrected chi connectivity index (χ4v) is 8.01. The molecule has 32 heavy (non-hydrogen) atoms. The van der Waals surface area contributed by atoms with E-state index in [1.807, 2.05) is 0 Å². The smallest absolute Gasteiger partial charge is 0.306 e. The van der Waals surface area contributed by atoms with Gasteiger partial charge < -0.3 is 9.84 Å². The van der Waals surface area contributed by atoms with Crippen molar-refractivity contribution in [3.8, 4) is 0 Å². The number of esters is 1. The van der Waals surface area contributed by atoms with E-state index in [0.717, 1.165) is 6.08 Å². The Morgan fingerprint density at radius 3 is 2.53 bits per heavy atom. The summed E-state index contributed by atoms with van der Waals surface area (Å²) in [6.07, 6.45) is 0.619. The first-order valence-electron chi connectivity index (χ1n) is 11.2. The van der Waals surface area contributed by atoms with Crippen molar-refractivity contribution in [2.75, 3.05) is 0 Å². The third-order valence-electron chi connectivity index (χ3n) is 9.05. The van der Waals surface area contributed by atoms with Crippen molar-refractivity contribution in [2.24, 2.45) is 28.6 Å². The molecule has 0 saturated heterocycles. The normalized spacial score (nSPS) is 49.6. The van der Waals surface area contributed by atoms with E-state index in [1.54, 1.807) is 20.8 Å². The zero-order chi connectivity index (χ0) is 23.9. The molecule has 0 aliphatic heterocycles. The van der Waals surface area contributed by atoms with E-state index in [1.165, 1.54) is 19.1 Å². The van der Waals surface area contributed by atoms with Crippen molar-refractivity contribution in [1.82, 2.24) is 0 Å². The molecule has 3 fully saturated rings. The number of fused-ring (bicyclic) bond motifs is 5. The van der Waals surface area contributed by atoms with Gasteiger partial charge in [-0.15, -0.1) is 12.6 Å². The molecule has 4 rings (SSSR count). The van der Waals surface area contributed by atoms with Crippen molar-refractivity contribution in [3.63, 3.8) is 0 Å². The monoisotopic (exact) mass is 468 g/mol. The van der Waals surface area contributed by atoms with Crippen LogP contribution < -0.4 is 0 Å². The Morgan fingerprint density at radius 1 is 1.28 bits per heavy atom. The summed E-state index contributed by atoms with van der Waals surface area (Å²) in [5.74, 6) is -2.94. The van der Waals surface area contributed by atoms with Gasteiger partial charge >= 0.3 is 5.97 Å². The van der Waals surface area contributed by atoms with Gasteiger partial charge in [0.1, 0.15) is 6.17 Å². The minimum Gasteiger partial charge on any atom is -0.449 e. The van der Waals surface area contributed by atoms with Crippen LogP contribution in [0.3, 0.4) is 0 Å². The van der Waals surface area contributed by atoms with Gasteiger partial charge in [0.15, 0.2) is 17.1 Å². The van der Waals surface area contributed by atoms with Crippen LogP contribution in [-0.4, -0.2) is 45.5 Å². The largest absolute Gasteiger partial charge is 0.449 e. The molecule has 176 valence electrons. The minimum absolute atomic E-state index is 0.0476. The Morgan fingerprint density at radius 2 is 1.94 bits per heavy atom. The number of alkyl halides is 2. The summed E-state index contributed by atoms with van der Waals surface area (Å²) < 4.78 is 38.3. The molecular formula is C24H30F2O5S. The van der Waals surface area contributed by atoms with Crippen LogP contribution in [0.25, 0.3) is 0 Å². The number of carbonyl (C=O) groups excluding carboxylic acids is 3. The average molecular weight is 469 g/mol. The van der Waals surface area contributed by atoms with E-state index in [-0.39, 0.29) is 24.8 Å². The maximum atomic E-state index is 17.1. The number of halogens is 2. The topological polar surface area (TPSA) is 80.7 Å². The van der Waals surface area contributed by atoms with Gasteiger partial charge in [-0.3, -0.25) is 14.4 Å². The molecule has 0 amide bonds. The zero-order valence-corrected chi connectivity index (χ0v) is 19.6. The first kappa shape index (κ1) is 23.6. The molecule has 8 heteroatoms. The van der Waals surface area contributed by atoms with Crippen LogP contribution in [0.15, 0.2) is 23.8 Å². The van der Waals surface area contributed by atoms with Crippen molar-refractivity contribution in [1.29, 1.82) is 0 Å². The van der Waals surface area contributed by atoms with Crippen LogP contribution in [0.5, 0.6) is 0 Å². The van der Waals surface area contributed by atoms with Crippen LogP contribution in [0, 0.1) is 28.6 Å². The van der Waals surface area contributed by atoms with Crippen LogP contribution in [0.1, 0.15) is 53.4 Å². The van der Waals surface area contributed by atoms with E-state index in [9.17, 15) is 19.5 Å². The number of hydrogen-bond acceptors (Lipinski definition) is 5. The molecule has 0 aromatic heterocycles. The lowest BCUT2D eigenvalue weighted by Crippen LogP contribution is -2.70. The van der Waals surface area contributed by atoms with Crippen molar-refractivity contribution in [3.05, 3.63) is 23.8 Å². The number of ether oxygens (including phenoxy) is 1. The molecule has 4 aliphatic carbocycles. The second kappa shape index (κ2) is 7.23. The van der Waals surface area contributed by atoms with Gasteiger partial charge in [0, 0.05) is 29.1 Å². The molecule has 0 spiro atoms. The highest BCUT2D eigenvalue weighted by atomic mass is 32.1. The summed E-state index contributed by atoms with van der Waals surface area (Å²) in [5, 5.41) is 10.7. The molecule has 1 N–H and O–H groups in total. The van der Waals surface area contributed by atoms with E-state index < -0.39 is 69.0 Å². The summed E-state index contributed by atoms with van der Waals surface area (Å²) in [6, 6.07) is 0. The van der Waals surface area contributed by atoms with Gasteiger partial charge in [0.2, 0.25) is 5.12 Å². The first-order chi connectivity index (χ1) is 14.8. The standard InChI is InChI=1S/C24H30F2O5S/c1-5-19(29)31-24(20(30)32)12(2)8-14-15-10-17(25)16-9-13(27)6-7-21(16,3)23(15,26)18(28)11-22(14,24)4/h6-7,9,12,14-15,17-18,28H,5,8,10-11H2,1-4H3,(H,30,32)/t12-,14+,15+,17+,18+,21+,22+,23-,24+/m1/s1. The summed E-state index contributed by atoms with van der Waals surface area (Å²) >= 11 is 4.09. The van der Waals surface area contributed by atoms with E-state index in [2.05, 4.69) is 12.6 Å². The lowest BCUT2D eigenvalue weighted by Gasteiger charge is -2.63. The third kappa shape index (κ3) is 2.62. The predicted molar refractivity (Wildman–Crippen MR) is 116 cm³/mol. The molecule has 0 heterocycles. The molecular weight excluding hydrogens is 438 g/mol. The number of ketones is 1. The average Bonchev–Trinajstić information content (AvgIpc) is 2.93. The SMILES string of the molecule is CCC(=O)O[C@]1(C(=O)S)[C@H](C)C[C@H]2[C@@H]3C[C@H](F)C4=CC(=O)C=C[C@]4(C)[C@]3(F)[C@@H](O)C[C@@]21C. The number of allylic oxidation sites excluding steroid dienone is 4. The summed E-state index contributed by atoms with van der Waals surface area (Å²) in [6.45, 7) is 6.62. The molecule has 0 aromatic carbocycles. The Balaban J connectivity index is 1.87. The van der Waals surface area contributed by atoms with E-state index in [4.69, 9.17) is 4.74 Å². The van der Waals surface area contributed by atoms with E-state index >= 15 is 8.78 Å². The number of aliphatic hydroxyl groups is 1. The van der Waals surface area contributed by atoms with Gasteiger partial charge in [-0.25, -0.2) is 8.78 Å². The van der Waals surface area contributed by atoms with Crippen molar-refractivity contribution in [2.45, 2.75) is 76.9 Å². The third-order valence-corrected chi connectivity index (χ3v) is 9.38. The van der Waals surface area contributed by atoms with Crippen LogP contribution in [0.4, 0.5) is 8.78 Å². The Labute approximate surface area is 192 Å². The second-order valence-electron chi connectivity index (χ2n) is 10.4. The lowest BCUT2D eigenvalue weighted by molar-refractivity contribution is -0.228. The molecule has 4 aliphatic rings. The van der Waals surface area contributed by atoms with Crippen LogP contribution in [-0.2, 0) is 19.1 Å². The Bertz CT molecular complexity index is 949. The molecule has 0 bridgehead atoms. The Hall–Kier alpha value is -1.54. The van der Waals surface area contributed by atoms with Gasteiger partial charge in [-0.05, 0) is 49.8 Å². The van der Waals surface area contributed by atoms with Crippen molar-refractivity contribution >= 4 is 29.5 Å². The summed E-state index contributed by atoms with van der Waals surface area (Å²) in [4.78, 5) is 37.2. The number of rotatable bonds is 3. The molecule has 3 saturated carbocycles. The van der Waals surface area contributed by atoms with Gasteiger partial charge in [-0.2, -0.15) is 0 Å². The second-order valence-corrected chi connectivity index (χ2v) is 10.8. The first-order valence-corrected chi connectivity index (χ1v) is 11.7. The predicted octanol–water partition coefficient (Wildman–Crippen LogP) is 3.70. The lowest BCUT2D eigenvalue weighted by atomic mass is 9.44. The molecule has 0 aromatic rings. The highest BCUT2D eigenvalue weighted by molar-refractivity contribution is 7.96. The van der Waals surface area contributed by atoms with E-state index in [0.29, 0.717) is 6.42 Å². The fraction of sp³-hybridized carbons (Fsp3) is 0.708. The van der Waals surface area contributed by atoms with Crippen molar-refractivity contribution < 1.29 is 33.0 Å². The highest BCUT2D eigenvalue weighted by Crippen LogP contribution is 2.71. The number of carbonyl (C=O) groups is 3. The zero-order valence-electron chi connectivity index (χ0n) is 18.7. The summed E-state index contributed by atoms with van der Waals surface area (Å²) in [5.41, 5.74) is -6.46. The minimum atomic E-state index is -2.24. The summed E-state index contributed by atoms with van der Waals surface area (Å²) in [7, 11) is 0. The van der Waals surface area contributed by atoms with Crippen LogP contribution in [0.2, 0.25) is 0 Å². The number of thiol groups is 1. The highest BCUT2D eigenvalue weighted by Gasteiger charge is 2.77. The van der Waals surface area contributed by atoms with Gasteiger partial charge in [0.05, 0.1) is 6.10 Å². The van der Waals surface area contributed by atoms with Crippen LogP contribution >= 0.6 is 12.6 Å².